The number of hydrogen-bond donors (Lipinski definition) is 1. The van der Waals surface area contributed by atoms with Crippen molar-refractivity contribution in [3.63, 3.8) is 0 Å². The molecule has 3 aliphatic heterocycles. The summed E-state index contributed by atoms with van der Waals surface area (Å²) in [5, 5.41) is 13.5. The summed E-state index contributed by atoms with van der Waals surface area (Å²) in [4.78, 5) is 14.1. The van der Waals surface area contributed by atoms with Crippen LogP contribution in [0.4, 0.5) is 0 Å². The highest BCUT2D eigenvalue weighted by Crippen LogP contribution is 2.39. The van der Waals surface area contributed by atoms with E-state index in [2.05, 4.69) is 0 Å². The lowest BCUT2D eigenvalue weighted by Gasteiger charge is -2.52. The summed E-state index contributed by atoms with van der Waals surface area (Å²) in [6, 6.07) is 22.7. The van der Waals surface area contributed by atoms with E-state index in [4.69, 9.17) is 9.47 Å². The van der Waals surface area contributed by atoms with Gasteiger partial charge in [0.1, 0.15) is 12.3 Å². The van der Waals surface area contributed by atoms with E-state index in [0.29, 0.717) is 23.0 Å². The second kappa shape index (κ2) is 9.90. The van der Waals surface area contributed by atoms with Crippen LogP contribution in [-0.4, -0.2) is 54.4 Å². The van der Waals surface area contributed by atoms with Gasteiger partial charge in [0.2, 0.25) is 5.60 Å². The quantitative estimate of drug-likeness (QED) is 0.277. The van der Waals surface area contributed by atoms with Crippen molar-refractivity contribution in [2.75, 3.05) is 32.8 Å². The number of quaternary nitrogens is 1. The summed E-state index contributed by atoms with van der Waals surface area (Å²) in [6.07, 6.45) is 2.91. The monoisotopic (exact) mass is 478 g/mol. The predicted octanol–water partition coefficient (Wildman–Crippen LogP) is 4.61. The number of carbonyl (C=O) groups is 1. The SMILES string of the molecule is O=C(OC1C[N+]2(CCCOc3ccccc3)CCC1CC2)[C@](O)(c1ccccc1)c1cccs1. The van der Waals surface area contributed by atoms with Crippen LogP contribution in [0.25, 0.3) is 0 Å². The van der Waals surface area contributed by atoms with Crippen molar-refractivity contribution < 1.29 is 23.9 Å². The van der Waals surface area contributed by atoms with Crippen molar-refractivity contribution in [3.8, 4) is 5.75 Å². The van der Waals surface area contributed by atoms with Gasteiger partial charge < -0.3 is 19.1 Å². The summed E-state index contributed by atoms with van der Waals surface area (Å²) in [7, 11) is 0. The van der Waals surface area contributed by atoms with Gasteiger partial charge >= 0.3 is 5.97 Å². The minimum Gasteiger partial charge on any atom is -0.493 e. The molecule has 0 aliphatic carbocycles. The van der Waals surface area contributed by atoms with Gasteiger partial charge in [0.05, 0.1) is 31.1 Å². The van der Waals surface area contributed by atoms with Gasteiger partial charge in [0, 0.05) is 30.7 Å². The van der Waals surface area contributed by atoms with Crippen LogP contribution in [0.15, 0.2) is 78.2 Å². The molecule has 2 atom stereocenters. The number of esters is 1. The summed E-state index contributed by atoms with van der Waals surface area (Å²) >= 11 is 1.37. The summed E-state index contributed by atoms with van der Waals surface area (Å²) in [5.74, 6) is 0.707. The maximum absolute atomic E-state index is 13.5. The molecule has 178 valence electrons. The Morgan fingerprint density at radius 1 is 1.00 bits per heavy atom. The Bertz CT molecular complexity index is 1060. The average molecular weight is 479 g/mol. The lowest BCUT2D eigenvalue weighted by atomic mass is 9.82. The van der Waals surface area contributed by atoms with Crippen LogP contribution in [0.2, 0.25) is 0 Å². The normalized spacial score (nSPS) is 25.4. The van der Waals surface area contributed by atoms with Crippen LogP contribution in [0, 0.1) is 5.92 Å². The van der Waals surface area contributed by atoms with Crippen LogP contribution in [0.1, 0.15) is 29.7 Å². The first-order chi connectivity index (χ1) is 16.6. The zero-order valence-corrected chi connectivity index (χ0v) is 20.2. The highest BCUT2D eigenvalue weighted by Gasteiger charge is 2.50. The van der Waals surface area contributed by atoms with Crippen molar-refractivity contribution in [1.82, 2.24) is 0 Å². The maximum Gasteiger partial charge on any atom is 0.349 e. The molecule has 0 amide bonds. The van der Waals surface area contributed by atoms with E-state index in [0.717, 1.165) is 55.7 Å². The number of nitrogens with zero attached hydrogens (tertiary/aromatic N) is 1. The standard InChI is InChI=1S/C28H32NO4S/c30-27(28(31,26-13-7-20-34-26)23-9-3-1-4-10-23)33-25-21-29(17-14-22(25)15-18-29)16-8-19-32-24-11-5-2-6-12-24/h1-7,9-13,20,22,25,31H,8,14-19,21H2/q+1/t22?,25?,28-,29?/m0/s1. The van der Waals surface area contributed by atoms with Gasteiger partial charge in [-0.15, -0.1) is 11.3 Å². The molecule has 6 heteroatoms. The molecule has 3 aliphatic rings. The highest BCUT2D eigenvalue weighted by atomic mass is 32.1. The molecule has 3 aromatic rings. The second-order valence-corrected chi connectivity index (χ2v) is 10.5. The van der Waals surface area contributed by atoms with Crippen molar-refractivity contribution in [2.24, 2.45) is 5.92 Å². The van der Waals surface area contributed by atoms with E-state index in [1.54, 1.807) is 18.2 Å². The molecule has 2 aromatic carbocycles. The number of aliphatic hydroxyl groups is 1. The minimum atomic E-state index is -1.78. The van der Waals surface area contributed by atoms with E-state index in [1.165, 1.54) is 11.3 Å². The van der Waals surface area contributed by atoms with Crippen LogP contribution >= 0.6 is 11.3 Å². The minimum absolute atomic E-state index is 0.166. The third-order valence-corrected chi connectivity index (χ3v) is 8.43. The highest BCUT2D eigenvalue weighted by molar-refractivity contribution is 7.10. The first-order valence-corrected chi connectivity index (χ1v) is 13.0. The molecule has 1 unspecified atom stereocenters. The Hall–Kier alpha value is -2.67. The number of carbonyl (C=O) groups excluding carboxylic acids is 1. The first-order valence-electron chi connectivity index (χ1n) is 12.1. The third kappa shape index (κ3) is 4.63. The molecule has 4 heterocycles. The van der Waals surface area contributed by atoms with Crippen LogP contribution in [-0.2, 0) is 15.1 Å². The van der Waals surface area contributed by atoms with E-state index < -0.39 is 11.6 Å². The maximum atomic E-state index is 13.5. The van der Waals surface area contributed by atoms with Crippen LogP contribution in [0.5, 0.6) is 5.75 Å². The summed E-state index contributed by atoms with van der Waals surface area (Å²) in [5.41, 5.74) is -1.24. The molecule has 5 nitrogen and oxygen atoms in total. The molecular formula is C28H32NO4S+. The number of benzene rings is 2. The fourth-order valence-corrected chi connectivity index (χ4v) is 6.36. The van der Waals surface area contributed by atoms with E-state index in [-0.39, 0.29) is 6.10 Å². The number of thiophene rings is 1. The number of rotatable bonds is 9. The zero-order valence-electron chi connectivity index (χ0n) is 19.3. The number of ether oxygens (including phenoxy) is 2. The largest absolute Gasteiger partial charge is 0.493 e. The molecule has 6 rings (SSSR count). The molecule has 3 fully saturated rings. The van der Waals surface area contributed by atoms with Gasteiger partial charge in [-0.25, -0.2) is 4.79 Å². The zero-order chi connectivity index (χ0) is 23.4. The molecular weight excluding hydrogens is 446 g/mol. The first kappa shape index (κ1) is 23.1. The van der Waals surface area contributed by atoms with E-state index in [1.807, 2.05) is 60.0 Å². The van der Waals surface area contributed by atoms with Gasteiger partial charge in [-0.3, -0.25) is 0 Å². The van der Waals surface area contributed by atoms with Crippen molar-refractivity contribution >= 4 is 17.3 Å². The lowest BCUT2D eigenvalue weighted by Crippen LogP contribution is -2.65. The number of piperidine rings is 3. The Morgan fingerprint density at radius 2 is 1.71 bits per heavy atom. The Kier molecular flexibility index (Phi) is 6.73. The summed E-state index contributed by atoms with van der Waals surface area (Å²) < 4.78 is 13.0. The van der Waals surface area contributed by atoms with Crippen molar-refractivity contribution in [3.05, 3.63) is 88.6 Å². The van der Waals surface area contributed by atoms with Crippen LogP contribution < -0.4 is 4.74 Å². The lowest BCUT2D eigenvalue weighted by molar-refractivity contribution is -0.946. The molecule has 34 heavy (non-hydrogen) atoms. The van der Waals surface area contributed by atoms with E-state index in [9.17, 15) is 9.90 Å². The van der Waals surface area contributed by atoms with Crippen molar-refractivity contribution in [1.29, 1.82) is 0 Å². The third-order valence-electron chi connectivity index (χ3n) is 7.45. The second-order valence-electron chi connectivity index (χ2n) is 9.55. The molecule has 1 N–H and O–H groups in total. The van der Waals surface area contributed by atoms with Crippen molar-refractivity contribution in [2.45, 2.75) is 31.0 Å². The van der Waals surface area contributed by atoms with Gasteiger partial charge in [-0.2, -0.15) is 0 Å². The topological polar surface area (TPSA) is 55.8 Å². The molecule has 3 saturated heterocycles. The average Bonchev–Trinajstić information content (AvgIpc) is 3.44. The fraction of sp³-hybridized carbons (Fsp3) is 0.393. The van der Waals surface area contributed by atoms with Gasteiger partial charge in [0.25, 0.3) is 0 Å². The number of hydrogen-bond acceptors (Lipinski definition) is 5. The Balaban J connectivity index is 1.25. The van der Waals surface area contributed by atoms with Gasteiger partial charge in [-0.1, -0.05) is 54.6 Å². The van der Waals surface area contributed by atoms with Crippen LogP contribution in [0.3, 0.4) is 0 Å². The molecule has 1 aromatic heterocycles. The molecule has 2 bridgehead atoms. The molecule has 0 radical (unpaired) electrons. The Morgan fingerprint density at radius 3 is 2.38 bits per heavy atom. The van der Waals surface area contributed by atoms with E-state index >= 15 is 0 Å². The smallest absolute Gasteiger partial charge is 0.349 e. The number of para-hydroxylation sites is 1. The fourth-order valence-electron chi connectivity index (χ4n) is 5.52. The Labute approximate surface area is 205 Å². The van der Waals surface area contributed by atoms with Gasteiger partial charge in [-0.05, 0) is 23.6 Å². The summed E-state index contributed by atoms with van der Waals surface area (Å²) in [6.45, 7) is 4.76. The number of fused-ring (bicyclic) bond motifs is 3. The molecule has 0 spiro atoms. The predicted molar refractivity (Wildman–Crippen MR) is 133 cm³/mol. The van der Waals surface area contributed by atoms with Gasteiger partial charge in [0.15, 0.2) is 6.10 Å². The molecule has 0 saturated carbocycles.